The molecule has 0 aliphatic carbocycles. The lowest BCUT2D eigenvalue weighted by Crippen LogP contribution is -2.17. The van der Waals surface area contributed by atoms with Gasteiger partial charge in [0.1, 0.15) is 12.4 Å². The van der Waals surface area contributed by atoms with Crippen molar-refractivity contribution >= 4 is 16.8 Å². The summed E-state index contributed by atoms with van der Waals surface area (Å²) < 4.78 is 5.91. The number of hydrogen-bond donors (Lipinski definition) is 2. The molecule has 24 heavy (non-hydrogen) atoms. The predicted octanol–water partition coefficient (Wildman–Crippen LogP) is 3.82. The van der Waals surface area contributed by atoms with E-state index in [0.717, 1.165) is 35.1 Å². The summed E-state index contributed by atoms with van der Waals surface area (Å²) >= 11 is 0. The number of aromatic amines is 1. The largest absolute Gasteiger partial charge is 0.489 e. The number of H-pyrrole nitrogens is 1. The van der Waals surface area contributed by atoms with Crippen LogP contribution in [0.5, 0.6) is 5.75 Å². The number of benzene rings is 2. The molecule has 4 nitrogen and oxygen atoms in total. The summed E-state index contributed by atoms with van der Waals surface area (Å²) in [6.45, 7) is 0.558. The number of hydrogen-bond acceptors (Lipinski definition) is 2. The predicted molar refractivity (Wildman–Crippen MR) is 96.1 cm³/mol. The van der Waals surface area contributed by atoms with Crippen LogP contribution in [0.15, 0.2) is 54.7 Å². The molecule has 0 atom stereocenters. The van der Waals surface area contributed by atoms with E-state index in [2.05, 4.69) is 28.5 Å². The van der Waals surface area contributed by atoms with E-state index in [1.54, 1.807) is 7.05 Å². The number of carbonyl (C=O) groups is 1. The Hall–Kier alpha value is -2.75. The quantitative estimate of drug-likeness (QED) is 0.695. The number of nitrogens with one attached hydrogen (secondary N) is 2. The van der Waals surface area contributed by atoms with Gasteiger partial charge in [0.2, 0.25) is 5.91 Å². The molecule has 0 bridgehead atoms. The van der Waals surface area contributed by atoms with Crippen molar-refractivity contribution in [3.05, 3.63) is 65.9 Å². The van der Waals surface area contributed by atoms with E-state index in [9.17, 15) is 4.79 Å². The number of aromatic nitrogens is 1. The van der Waals surface area contributed by atoms with Gasteiger partial charge in [-0.05, 0) is 42.2 Å². The summed E-state index contributed by atoms with van der Waals surface area (Å²) in [6, 6.07) is 16.2. The van der Waals surface area contributed by atoms with Crippen LogP contribution in [0.3, 0.4) is 0 Å². The maximum atomic E-state index is 11.3. The number of carbonyl (C=O) groups excluding carboxylic acids is 1. The smallest absolute Gasteiger partial charge is 0.219 e. The van der Waals surface area contributed by atoms with Gasteiger partial charge in [-0.1, -0.05) is 30.3 Å². The van der Waals surface area contributed by atoms with Gasteiger partial charge >= 0.3 is 0 Å². The van der Waals surface area contributed by atoms with Gasteiger partial charge < -0.3 is 15.0 Å². The summed E-state index contributed by atoms with van der Waals surface area (Å²) in [7, 11) is 1.67. The van der Waals surface area contributed by atoms with Crippen molar-refractivity contribution in [1.82, 2.24) is 10.3 Å². The van der Waals surface area contributed by atoms with E-state index >= 15 is 0 Å². The minimum absolute atomic E-state index is 0.0849. The zero-order valence-corrected chi connectivity index (χ0v) is 13.8. The van der Waals surface area contributed by atoms with Crippen LogP contribution in [0, 0.1) is 0 Å². The lowest BCUT2D eigenvalue weighted by Gasteiger charge is -2.07. The summed E-state index contributed by atoms with van der Waals surface area (Å²) in [6.07, 6.45) is 4.28. The molecule has 0 radical (unpaired) electrons. The van der Waals surface area contributed by atoms with Crippen molar-refractivity contribution in [2.45, 2.75) is 25.9 Å². The average molecular weight is 322 g/mol. The van der Waals surface area contributed by atoms with Gasteiger partial charge in [0.15, 0.2) is 0 Å². The van der Waals surface area contributed by atoms with Crippen LogP contribution in [0.4, 0.5) is 0 Å². The highest BCUT2D eigenvalue weighted by atomic mass is 16.5. The maximum absolute atomic E-state index is 11.3. The first-order valence-corrected chi connectivity index (χ1v) is 8.23. The molecule has 0 saturated heterocycles. The maximum Gasteiger partial charge on any atom is 0.219 e. The Morgan fingerprint density at radius 1 is 1.17 bits per heavy atom. The van der Waals surface area contributed by atoms with Crippen molar-refractivity contribution in [3.8, 4) is 5.75 Å². The molecule has 2 N–H and O–H groups in total. The molecule has 0 fully saturated rings. The van der Waals surface area contributed by atoms with Crippen LogP contribution >= 0.6 is 0 Å². The highest BCUT2D eigenvalue weighted by Gasteiger charge is 2.07. The topological polar surface area (TPSA) is 54.1 Å². The molecule has 2 aromatic carbocycles. The Kier molecular flexibility index (Phi) is 5.16. The summed E-state index contributed by atoms with van der Waals surface area (Å²) in [5, 5.41) is 3.82. The minimum atomic E-state index is 0.0849. The number of aryl methyl sites for hydroxylation is 1. The van der Waals surface area contributed by atoms with E-state index in [0.29, 0.717) is 13.0 Å². The highest BCUT2D eigenvalue weighted by Crippen LogP contribution is 2.25. The van der Waals surface area contributed by atoms with Gasteiger partial charge in [-0.3, -0.25) is 4.79 Å². The summed E-state index contributed by atoms with van der Waals surface area (Å²) in [4.78, 5) is 14.6. The molecule has 0 aliphatic heterocycles. The van der Waals surface area contributed by atoms with Crippen molar-refractivity contribution < 1.29 is 9.53 Å². The Labute approximate surface area is 141 Å². The molecule has 0 saturated carbocycles. The van der Waals surface area contributed by atoms with Crippen LogP contribution in [-0.4, -0.2) is 17.9 Å². The van der Waals surface area contributed by atoms with E-state index < -0.39 is 0 Å². The van der Waals surface area contributed by atoms with Gasteiger partial charge in [0.25, 0.3) is 0 Å². The molecular formula is C20H22N2O2. The molecular weight excluding hydrogens is 300 g/mol. The molecule has 1 heterocycles. The fourth-order valence-corrected chi connectivity index (χ4v) is 2.76. The number of amides is 1. The minimum Gasteiger partial charge on any atom is -0.489 e. The van der Waals surface area contributed by atoms with E-state index in [1.807, 2.05) is 36.5 Å². The van der Waals surface area contributed by atoms with Gasteiger partial charge in [-0.15, -0.1) is 0 Å². The van der Waals surface area contributed by atoms with Gasteiger partial charge in [-0.2, -0.15) is 0 Å². The van der Waals surface area contributed by atoms with Crippen molar-refractivity contribution in [1.29, 1.82) is 0 Å². The monoisotopic (exact) mass is 322 g/mol. The van der Waals surface area contributed by atoms with Gasteiger partial charge in [0, 0.05) is 30.6 Å². The third kappa shape index (κ3) is 3.96. The Morgan fingerprint density at radius 3 is 2.79 bits per heavy atom. The molecule has 124 valence electrons. The van der Waals surface area contributed by atoms with Gasteiger partial charge in [0.05, 0.1) is 0 Å². The first-order valence-electron chi connectivity index (χ1n) is 8.23. The number of fused-ring (bicyclic) bond motifs is 1. The van der Waals surface area contributed by atoms with Gasteiger partial charge in [-0.25, -0.2) is 0 Å². The van der Waals surface area contributed by atoms with Crippen molar-refractivity contribution in [2.24, 2.45) is 0 Å². The molecule has 3 aromatic rings. The zero-order valence-electron chi connectivity index (χ0n) is 13.8. The summed E-state index contributed by atoms with van der Waals surface area (Å²) in [5.41, 5.74) is 3.47. The standard InChI is InChI=1S/C20H22N2O2/c1-21-20(23)9-5-8-16-13-22-19-11-10-17(12-18(16)19)24-14-15-6-3-2-4-7-15/h2-4,6-7,10-13,22H,5,8-9,14H2,1H3,(H,21,23). The molecule has 4 heteroatoms. The fraction of sp³-hybridized carbons (Fsp3) is 0.250. The van der Waals surface area contributed by atoms with Crippen LogP contribution in [0.25, 0.3) is 10.9 Å². The third-order valence-corrected chi connectivity index (χ3v) is 4.12. The zero-order chi connectivity index (χ0) is 16.8. The molecule has 0 spiro atoms. The second-order valence-corrected chi connectivity index (χ2v) is 5.82. The van der Waals surface area contributed by atoms with Crippen LogP contribution in [-0.2, 0) is 17.8 Å². The van der Waals surface area contributed by atoms with E-state index in [1.165, 1.54) is 5.56 Å². The lowest BCUT2D eigenvalue weighted by molar-refractivity contribution is -0.120. The highest BCUT2D eigenvalue weighted by molar-refractivity contribution is 5.84. The fourth-order valence-electron chi connectivity index (χ4n) is 2.76. The number of ether oxygens (including phenoxy) is 1. The Morgan fingerprint density at radius 2 is 2.00 bits per heavy atom. The first-order chi connectivity index (χ1) is 11.8. The molecule has 3 rings (SSSR count). The van der Waals surface area contributed by atoms with Crippen molar-refractivity contribution in [2.75, 3.05) is 7.05 Å². The number of rotatable bonds is 7. The van der Waals surface area contributed by atoms with Crippen LogP contribution in [0.1, 0.15) is 24.0 Å². The SMILES string of the molecule is CNC(=O)CCCc1c[nH]c2ccc(OCc3ccccc3)cc12. The first kappa shape index (κ1) is 16.1. The third-order valence-electron chi connectivity index (χ3n) is 4.12. The van der Waals surface area contributed by atoms with E-state index in [-0.39, 0.29) is 5.91 Å². The second-order valence-electron chi connectivity index (χ2n) is 5.82. The summed E-state index contributed by atoms with van der Waals surface area (Å²) in [5.74, 6) is 0.945. The Bertz CT molecular complexity index is 809. The van der Waals surface area contributed by atoms with Crippen molar-refractivity contribution in [3.63, 3.8) is 0 Å². The molecule has 0 unspecified atom stereocenters. The average Bonchev–Trinajstić information content (AvgIpc) is 3.03. The Balaban J connectivity index is 1.67. The molecule has 1 amide bonds. The van der Waals surface area contributed by atoms with Crippen LogP contribution in [0.2, 0.25) is 0 Å². The molecule has 1 aromatic heterocycles. The normalized spacial score (nSPS) is 10.7. The lowest BCUT2D eigenvalue weighted by atomic mass is 10.1. The van der Waals surface area contributed by atoms with Crippen LogP contribution < -0.4 is 10.1 Å². The van der Waals surface area contributed by atoms with E-state index in [4.69, 9.17) is 4.74 Å². The molecule has 0 aliphatic rings. The second kappa shape index (κ2) is 7.68.